The van der Waals surface area contributed by atoms with E-state index >= 15 is 0 Å². The van der Waals surface area contributed by atoms with Crippen LogP contribution in [0.5, 0.6) is 0 Å². The summed E-state index contributed by atoms with van der Waals surface area (Å²) in [6.45, 7) is 4.88. The fourth-order valence-electron chi connectivity index (χ4n) is 4.68. The first-order valence-electron chi connectivity index (χ1n) is 11.3. The number of rotatable bonds is 7. The highest BCUT2D eigenvalue weighted by atomic mass is 16.2. The zero-order chi connectivity index (χ0) is 21.5. The molecule has 4 rings (SSSR count). The van der Waals surface area contributed by atoms with Crippen LogP contribution in [0.1, 0.15) is 37.4 Å². The maximum atomic E-state index is 13.3. The molecular formula is C27H31N3O. The van der Waals surface area contributed by atoms with Crippen LogP contribution < -0.4 is 4.90 Å². The van der Waals surface area contributed by atoms with Crippen LogP contribution >= 0.6 is 0 Å². The summed E-state index contributed by atoms with van der Waals surface area (Å²) in [6, 6.07) is 26.8. The van der Waals surface area contributed by atoms with Crippen LogP contribution in [0.3, 0.4) is 0 Å². The molecule has 0 spiro atoms. The minimum absolute atomic E-state index is 0.148. The van der Waals surface area contributed by atoms with Crippen molar-refractivity contribution in [2.45, 2.75) is 38.1 Å². The van der Waals surface area contributed by atoms with Gasteiger partial charge in [0.15, 0.2) is 0 Å². The van der Waals surface area contributed by atoms with Crippen molar-refractivity contribution in [3.05, 3.63) is 96.3 Å². The number of anilines is 1. The van der Waals surface area contributed by atoms with Crippen LogP contribution in [0.25, 0.3) is 0 Å². The van der Waals surface area contributed by atoms with Crippen molar-refractivity contribution in [3.63, 3.8) is 0 Å². The smallest absolute Gasteiger partial charge is 0.227 e. The Morgan fingerprint density at radius 1 is 0.935 bits per heavy atom. The van der Waals surface area contributed by atoms with Crippen LogP contribution in [0.2, 0.25) is 0 Å². The molecule has 3 aromatic rings. The number of aromatic nitrogens is 1. The molecule has 0 N–H and O–H groups in total. The Bertz CT molecular complexity index is 952. The second kappa shape index (κ2) is 9.88. The molecule has 1 aromatic heterocycles. The number of hydrogen-bond donors (Lipinski definition) is 0. The van der Waals surface area contributed by atoms with Crippen LogP contribution in [0, 0.1) is 0 Å². The van der Waals surface area contributed by atoms with Gasteiger partial charge in [-0.2, -0.15) is 0 Å². The molecule has 1 amide bonds. The molecule has 4 heteroatoms. The average molecular weight is 414 g/mol. The molecule has 2 heterocycles. The Labute approximate surface area is 185 Å². The van der Waals surface area contributed by atoms with Gasteiger partial charge < -0.3 is 9.80 Å². The van der Waals surface area contributed by atoms with E-state index in [4.69, 9.17) is 4.98 Å². The summed E-state index contributed by atoms with van der Waals surface area (Å²) in [7, 11) is 0. The molecule has 0 atom stereocenters. The highest BCUT2D eigenvalue weighted by Gasteiger charge is 2.45. The van der Waals surface area contributed by atoms with Gasteiger partial charge in [-0.05, 0) is 49.1 Å². The Kier molecular flexibility index (Phi) is 6.78. The summed E-state index contributed by atoms with van der Waals surface area (Å²) in [5.74, 6) is 0.148. The minimum Gasteiger partial charge on any atom is -0.303 e. The molecule has 0 saturated carbocycles. The van der Waals surface area contributed by atoms with E-state index in [1.807, 2.05) is 60.5 Å². The number of pyridine rings is 1. The number of para-hydroxylation sites is 1. The third-order valence-corrected chi connectivity index (χ3v) is 6.38. The fourth-order valence-corrected chi connectivity index (χ4v) is 4.68. The van der Waals surface area contributed by atoms with Crippen LogP contribution in [-0.4, -0.2) is 35.4 Å². The number of amides is 1. The van der Waals surface area contributed by atoms with Crippen LogP contribution in [0.15, 0.2) is 85.1 Å². The number of carbonyl (C=O) groups excluding carboxylic acids is 1. The van der Waals surface area contributed by atoms with Crippen molar-refractivity contribution < 1.29 is 4.79 Å². The SMILES string of the molecule is CCC(=O)N(c1ccccc1)C1(c2ccccn2)CCN(CCc2ccccc2)CC1. The maximum absolute atomic E-state index is 13.3. The minimum atomic E-state index is -0.418. The topological polar surface area (TPSA) is 36.4 Å². The molecule has 4 nitrogen and oxygen atoms in total. The lowest BCUT2D eigenvalue weighted by Crippen LogP contribution is -2.56. The van der Waals surface area contributed by atoms with Crippen molar-refractivity contribution >= 4 is 11.6 Å². The molecule has 1 saturated heterocycles. The van der Waals surface area contributed by atoms with Gasteiger partial charge in [0.05, 0.1) is 11.2 Å². The highest BCUT2D eigenvalue weighted by molar-refractivity contribution is 5.94. The summed E-state index contributed by atoms with van der Waals surface area (Å²) >= 11 is 0. The van der Waals surface area contributed by atoms with Crippen molar-refractivity contribution in [2.24, 2.45) is 0 Å². The van der Waals surface area contributed by atoms with Crippen molar-refractivity contribution in [3.8, 4) is 0 Å². The monoisotopic (exact) mass is 413 g/mol. The van der Waals surface area contributed by atoms with E-state index in [2.05, 4.69) is 41.3 Å². The Balaban J connectivity index is 1.60. The summed E-state index contributed by atoms with van der Waals surface area (Å²) < 4.78 is 0. The summed E-state index contributed by atoms with van der Waals surface area (Å²) in [6.07, 6.45) is 5.12. The number of piperidine rings is 1. The third-order valence-electron chi connectivity index (χ3n) is 6.38. The summed E-state index contributed by atoms with van der Waals surface area (Å²) in [5, 5.41) is 0. The molecule has 0 bridgehead atoms. The van der Waals surface area contributed by atoms with Gasteiger partial charge in [-0.25, -0.2) is 0 Å². The van der Waals surface area contributed by atoms with E-state index in [0.29, 0.717) is 6.42 Å². The van der Waals surface area contributed by atoms with Gasteiger partial charge in [-0.3, -0.25) is 9.78 Å². The van der Waals surface area contributed by atoms with E-state index in [1.54, 1.807) is 0 Å². The number of likely N-dealkylation sites (tertiary alicyclic amines) is 1. The molecule has 1 fully saturated rings. The zero-order valence-electron chi connectivity index (χ0n) is 18.3. The predicted octanol–water partition coefficient (Wildman–Crippen LogP) is 5.06. The maximum Gasteiger partial charge on any atom is 0.227 e. The predicted molar refractivity (Wildman–Crippen MR) is 126 cm³/mol. The van der Waals surface area contributed by atoms with Crippen LogP contribution in [0.4, 0.5) is 5.69 Å². The largest absolute Gasteiger partial charge is 0.303 e. The molecule has 31 heavy (non-hydrogen) atoms. The Morgan fingerprint density at radius 3 is 2.19 bits per heavy atom. The first kappa shape index (κ1) is 21.3. The summed E-state index contributed by atoms with van der Waals surface area (Å²) in [4.78, 5) is 22.6. The number of benzene rings is 2. The second-order valence-electron chi connectivity index (χ2n) is 8.24. The van der Waals surface area contributed by atoms with Gasteiger partial charge >= 0.3 is 0 Å². The molecule has 0 unspecified atom stereocenters. The van der Waals surface area contributed by atoms with Crippen molar-refractivity contribution in [1.82, 2.24) is 9.88 Å². The number of nitrogens with zero attached hydrogens (tertiary/aromatic N) is 3. The molecule has 160 valence electrons. The van der Waals surface area contributed by atoms with Gasteiger partial charge in [0, 0.05) is 37.9 Å². The third kappa shape index (κ3) is 4.70. The van der Waals surface area contributed by atoms with Crippen molar-refractivity contribution in [1.29, 1.82) is 0 Å². The molecule has 1 aliphatic heterocycles. The number of hydrogen-bond acceptors (Lipinski definition) is 3. The Hall–Kier alpha value is -2.98. The zero-order valence-corrected chi connectivity index (χ0v) is 18.3. The van der Waals surface area contributed by atoms with Gasteiger partial charge in [-0.15, -0.1) is 0 Å². The van der Waals surface area contributed by atoms with E-state index in [0.717, 1.165) is 50.3 Å². The molecular weight excluding hydrogens is 382 g/mol. The van der Waals surface area contributed by atoms with E-state index < -0.39 is 5.54 Å². The summed E-state index contributed by atoms with van der Waals surface area (Å²) in [5.41, 5.74) is 2.90. The lowest BCUT2D eigenvalue weighted by molar-refractivity contribution is -0.120. The van der Waals surface area contributed by atoms with Gasteiger partial charge in [0.2, 0.25) is 5.91 Å². The van der Waals surface area contributed by atoms with E-state index in [-0.39, 0.29) is 5.91 Å². The average Bonchev–Trinajstić information content (AvgIpc) is 2.85. The van der Waals surface area contributed by atoms with Gasteiger partial charge in [0.25, 0.3) is 0 Å². The van der Waals surface area contributed by atoms with E-state index in [9.17, 15) is 4.79 Å². The molecule has 0 radical (unpaired) electrons. The van der Waals surface area contributed by atoms with E-state index in [1.165, 1.54) is 5.56 Å². The van der Waals surface area contributed by atoms with Crippen molar-refractivity contribution in [2.75, 3.05) is 24.5 Å². The molecule has 0 aliphatic carbocycles. The fraction of sp³-hybridized carbons (Fsp3) is 0.333. The normalized spacial score (nSPS) is 16.0. The van der Waals surface area contributed by atoms with Gasteiger partial charge in [-0.1, -0.05) is 61.5 Å². The van der Waals surface area contributed by atoms with Crippen LogP contribution in [-0.2, 0) is 16.8 Å². The molecule has 2 aromatic carbocycles. The standard InChI is InChI=1S/C27H31N3O/c1-2-26(31)30(24-13-7-4-8-14-24)27(25-15-9-10-19-28-25)17-21-29(22-18-27)20-16-23-11-5-3-6-12-23/h3-15,19H,2,16-18,20-22H2,1H3. The lowest BCUT2D eigenvalue weighted by atomic mass is 9.81. The second-order valence-corrected chi connectivity index (χ2v) is 8.24. The Morgan fingerprint density at radius 2 is 1.58 bits per heavy atom. The highest BCUT2D eigenvalue weighted by Crippen LogP contribution is 2.41. The molecule has 1 aliphatic rings. The quantitative estimate of drug-likeness (QED) is 0.543. The number of carbonyl (C=O) groups is 1. The van der Waals surface area contributed by atoms with Gasteiger partial charge in [0.1, 0.15) is 0 Å². The first-order chi connectivity index (χ1) is 15.2. The first-order valence-corrected chi connectivity index (χ1v) is 11.3. The lowest BCUT2D eigenvalue weighted by Gasteiger charge is -2.48.